The number of nitrogens with one attached hydrogen (secondary N) is 1. The van der Waals surface area contributed by atoms with Gasteiger partial charge in [-0.25, -0.2) is 9.97 Å². The Morgan fingerprint density at radius 1 is 1.20 bits per heavy atom. The largest absolute Gasteiger partial charge is 0.325 e. The van der Waals surface area contributed by atoms with E-state index in [1.807, 2.05) is 43.4 Å². The van der Waals surface area contributed by atoms with Gasteiger partial charge in [-0.2, -0.15) is 0 Å². The first kappa shape index (κ1) is 20.0. The van der Waals surface area contributed by atoms with Crippen molar-refractivity contribution in [2.45, 2.75) is 63.8 Å². The Bertz CT molecular complexity index is 1110. The first-order chi connectivity index (χ1) is 14.5. The van der Waals surface area contributed by atoms with Crippen molar-refractivity contribution < 1.29 is 4.79 Å². The van der Waals surface area contributed by atoms with Crippen LogP contribution in [0.2, 0.25) is 0 Å². The number of amides is 1. The number of nitrogens with zero attached hydrogens (tertiary/aromatic N) is 2. The van der Waals surface area contributed by atoms with E-state index in [9.17, 15) is 4.79 Å². The molecule has 156 valence electrons. The summed E-state index contributed by atoms with van der Waals surface area (Å²) in [7, 11) is 0. The van der Waals surface area contributed by atoms with Crippen LogP contribution < -0.4 is 5.32 Å². The molecule has 1 amide bonds. The van der Waals surface area contributed by atoms with Gasteiger partial charge in [0.15, 0.2) is 0 Å². The van der Waals surface area contributed by atoms with Crippen LogP contribution in [0.15, 0.2) is 23.2 Å². The van der Waals surface area contributed by atoms with Crippen LogP contribution >= 0.6 is 23.1 Å². The SMILES string of the molecule is Cc1cccc(C)c1NC(=O)CSc1nc(C2CC2)nc2sc3c(c12)CC[C@H](C)C3. The van der Waals surface area contributed by atoms with Crippen molar-refractivity contribution in [3.8, 4) is 0 Å². The predicted octanol–water partition coefficient (Wildman–Crippen LogP) is 6.04. The van der Waals surface area contributed by atoms with E-state index in [1.54, 1.807) is 11.8 Å². The second kappa shape index (κ2) is 7.97. The summed E-state index contributed by atoms with van der Waals surface area (Å²) < 4.78 is 0. The monoisotopic (exact) mass is 437 g/mol. The van der Waals surface area contributed by atoms with Gasteiger partial charge in [0.2, 0.25) is 5.91 Å². The molecule has 0 aliphatic heterocycles. The Kier molecular flexibility index (Phi) is 5.31. The third kappa shape index (κ3) is 3.87. The zero-order valence-corrected chi connectivity index (χ0v) is 19.4. The molecular weight excluding hydrogens is 410 g/mol. The fourth-order valence-corrected chi connectivity index (χ4v) is 6.59. The van der Waals surface area contributed by atoms with Gasteiger partial charge < -0.3 is 5.32 Å². The lowest BCUT2D eigenvalue weighted by atomic mass is 9.89. The van der Waals surface area contributed by atoms with Crippen molar-refractivity contribution in [2.24, 2.45) is 5.92 Å². The molecule has 0 unspecified atom stereocenters. The molecule has 3 aromatic rings. The number of thiophene rings is 1. The van der Waals surface area contributed by atoms with Crippen molar-refractivity contribution in [1.82, 2.24) is 9.97 Å². The minimum Gasteiger partial charge on any atom is -0.325 e. The second-order valence-corrected chi connectivity index (χ2v) is 10.8. The van der Waals surface area contributed by atoms with Crippen molar-refractivity contribution >= 4 is 44.9 Å². The summed E-state index contributed by atoms with van der Waals surface area (Å²) >= 11 is 3.42. The highest BCUT2D eigenvalue weighted by molar-refractivity contribution is 8.00. The number of aryl methyl sites for hydroxylation is 3. The number of aromatic nitrogens is 2. The molecule has 2 aromatic heterocycles. The van der Waals surface area contributed by atoms with Crippen molar-refractivity contribution in [3.63, 3.8) is 0 Å². The van der Waals surface area contributed by atoms with Crippen LogP contribution in [0, 0.1) is 19.8 Å². The lowest BCUT2D eigenvalue weighted by Crippen LogP contribution is -2.16. The fourth-order valence-electron chi connectivity index (χ4n) is 4.27. The molecule has 2 heterocycles. The van der Waals surface area contributed by atoms with E-state index in [0.29, 0.717) is 11.7 Å². The molecule has 1 N–H and O–H groups in total. The lowest BCUT2D eigenvalue weighted by molar-refractivity contribution is -0.113. The van der Waals surface area contributed by atoms with Gasteiger partial charge in [0.25, 0.3) is 0 Å². The number of hydrogen-bond acceptors (Lipinski definition) is 5. The third-order valence-corrected chi connectivity index (χ3v) is 8.29. The Hall–Kier alpha value is -1.92. The van der Waals surface area contributed by atoms with Gasteiger partial charge in [0, 0.05) is 21.9 Å². The number of rotatable bonds is 5. The van der Waals surface area contributed by atoms with Crippen molar-refractivity contribution in [3.05, 3.63) is 45.6 Å². The number of para-hydroxylation sites is 1. The summed E-state index contributed by atoms with van der Waals surface area (Å²) in [5, 5.41) is 5.33. The highest BCUT2D eigenvalue weighted by atomic mass is 32.2. The van der Waals surface area contributed by atoms with E-state index in [0.717, 1.165) is 51.3 Å². The Balaban J connectivity index is 1.42. The average Bonchev–Trinajstić information content (AvgIpc) is 3.50. The first-order valence-electron chi connectivity index (χ1n) is 10.8. The Labute approximate surface area is 185 Å². The molecule has 30 heavy (non-hydrogen) atoms. The quantitative estimate of drug-likeness (QED) is 0.390. The molecule has 1 fully saturated rings. The van der Waals surface area contributed by atoms with Crippen LogP contribution in [0.1, 0.15) is 59.5 Å². The van der Waals surface area contributed by atoms with Crippen molar-refractivity contribution in [2.75, 3.05) is 11.1 Å². The number of thioether (sulfide) groups is 1. The van der Waals surface area contributed by atoms with Gasteiger partial charge >= 0.3 is 0 Å². The van der Waals surface area contributed by atoms with Gasteiger partial charge in [0.05, 0.1) is 5.75 Å². The zero-order valence-electron chi connectivity index (χ0n) is 17.7. The molecular formula is C24H27N3OS2. The summed E-state index contributed by atoms with van der Waals surface area (Å²) in [6.07, 6.45) is 5.84. The van der Waals surface area contributed by atoms with Gasteiger partial charge in [-0.15, -0.1) is 11.3 Å². The highest BCUT2D eigenvalue weighted by Crippen LogP contribution is 2.44. The molecule has 1 saturated carbocycles. The second-order valence-electron chi connectivity index (χ2n) is 8.80. The first-order valence-corrected chi connectivity index (χ1v) is 12.6. The van der Waals surface area contributed by atoms with Gasteiger partial charge in [-0.05, 0) is 68.6 Å². The maximum absolute atomic E-state index is 12.8. The highest BCUT2D eigenvalue weighted by Gasteiger charge is 2.30. The minimum absolute atomic E-state index is 0.0230. The number of anilines is 1. The van der Waals surface area contributed by atoms with Crippen LogP contribution in [-0.4, -0.2) is 21.6 Å². The average molecular weight is 438 g/mol. The smallest absolute Gasteiger partial charge is 0.234 e. The van der Waals surface area contributed by atoms with E-state index < -0.39 is 0 Å². The number of hydrogen-bond donors (Lipinski definition) is 1. The van der Waals surface area contributed by atoms with Gasteiger partial charge in [0.1, 0.15) is 15.7 Å². The van der Waals surface area contributed by atoms with Crippen LogP contribution in [0.5, 0.6) is 0 Å². The molecule has 2 aliphatic rings. The molecule has 0 bridgehead atoms. The standard InChI is InChI=1S/C24H27N3OS2/c1-13-7-10-17-18(11-13)30-24-20(17)23(26-22(27-24)16-8-9-16)29-12-19(28)25-21-14(2)5-4-6-15(21)3/h4-6,13,16H,7-12H2,1-3H3,(H,25,28)/t13-/m0/s1. The number of carbonyl (C=O) groups is 1. The van der Waals surface area contributed by atoms with E-state index in [4.69, 9.17) is 9.97 Å². The predicted molar refractivity (Wildman–Crippen MR) is 126 cm³/mol. The summed E-state index contributed by atoms with van der Waals surface area (Å²) in [5.41, 5.74) is 4.55. The van der Waals surface area contributed by atoms with Crippen LogP contribution in [0.4, 0.5) is 5.69 Å². The summed E-state index contributed by atoms with van der Waals surface area (Å²) in [6, 6.07) is 6.08. The van der Waals surface area contributed by atoms with Crippen LogP contribution in [-0.2, 0) is 17.6 Å². The molecule has 0 saturated heterocycles. The molecule has 2 aliphatic carbocycles. The third-order valence-electron chi connectivity index (χ3n) is 6.17. The van der Waals surface area contributed by atoms with Crippen LogP contribution in [0.25, 0.3) is 10.2 Å². The van der Waals surface area contributed by atoms with E-state index in [2.05, 4.69) is 12.2 Å². The molecule has 5 rings (SSSR count). The Morgan fingerprint density at radius 3 is 2.70 bits per heavy atom. The molecule has 6 heteroatoms. The normalized spacial score (nSPS) is 18.4. The summed E-state index contributed by atoms with van der Waals surface area (Å²) in [5.74, 6) is 2.61. The number of fused-ring (bicyclic) bond motifs is 3. The summed E-state index contributed by atoms with van der Waals surface area (Å²) in [6.45, 7) is 6.40. The minimum atomic E-state index is 0.0230. The van der Waals surface area contributed by atoms with Gasteiger partial charge in [-0.3, -0.25) is 4.79 Å². The van der Waals surface area contributed by atoms with Crippen molar-refractivity contribution in [1.29, 1.82) is 0 Å². The zero-order chi connectivity index (χ0) is 20.8. The van der Waals surface area contributed by atoms with E-state index in [-0.39, 0.29) is 5.91 Å². The van der Waals surface area contributed by atoms with Crippen LogP contribution in [0.3, 0.4) is 0 Å². The van der Waals surface area contributed by atoms with E-state index >= 15 is 0 Å². The molecule has 1 atom stereocenters. The summed E-state index contributed by atoms with van der Waals surface area (Å²) in [4.78, 5) is 25.3. The maximum atomic E-state index is 12.8. The molecule has 0 spiro atoms. The molecule has 1 aromatic carbocycles. The lowest BCUT2D eigenvalue weighted by Gasteiger charge is -2.18. The molecule has 4 nitrogen and oxygen atoms in total. The number of carbonyl (C=O) groups excluding carboxylic acids is 1. The Morgan fingerprint density at radius 2 is 1.97 bits per heavy atom. The van der Waals surface area contributed by atoms with E-state index in [1.165, 1.54) is 35.1 Å². The maximum Gasteiger partial charge on any atom is 0.234 e. The number of benzene rings is 1. The topological polar surface area (TPSA) is 54.9 Å². The fraction of sp³-hybridized carbons (Fsp3) is 0.458. The molecule has 0 radical (unpaired) electrons. The van der Waals surface area contributed by atoms with Gasteiger partial charge in [-0.1, -0.05) is 36.9 Å².